The number of aldehydes is 1. The van der Waals surface area contributed by atoms with E-state index in [2.05, 4.69) is 0 Å². The second-order valence-corrected chi connectivity index (χ2v) is 5.16. The molecule has 22 heavy (non-hydrogen) atoms. The molecule has 1 aliphatic heterocycles. The molecule has 0 amide bonds. The Kier molecular flexibility index (Phi) is 7.25. The van der Waals surface area contributed by atoms with E-state index in [1.807, 2.05) is 0 Å². The zero-order valence-electron chi connectivity index (χ0n) is 11.8. The van der Waals surface area contributed by atoms with Gasteiger partial charge in [-0.25, -0.2) is 0 Å². The number of carbonyl (C=O) groups excluding carboxylic acids is 1. The summed E-state index contributed by atoms with van der Waals surface area (Å²) in [4.78, 5) is 11.0. The summed E-state index contributed by atoms with van der Waals surface area (Å²) in [5, 5.41) is 66.4. The number of hydrogen-bond donors (Lipinski definition) is 7. The SMILES string of the molecule is C[C@H](O)[C@H](O)[C@@H](O)[C@H](C=O)O[C@H]1O[C@H](CO)[C@H](O)[C@H](O)[C@H]1O. The van der Waals surface area contributed by atoms with E-state index in [1.54, 1.807) is 0 Å². The molecule has 0 aromatic rings. The lowest BCUT2D eigenvalue weighted by atomic mass is 9.99. The summed E-state index contributed by atoms with van der Waals surface area (Å²) < 4.78 is 10.0. The molecular weight excluding hydrogens is 304 g/mol. The van der Waals surface area contributed by atoms with Crippen LogP contribution in [0.2, 0.25) is 0 Å². The summed E-state index contributed by atoms with van der Waals surface area (Å²) in [7, 11) is 0. The Bertz CT molecular complexity index is 349. The first-order valence-corrected chi connectivity index (χ1v) is 6.70. The Labute approximate surface area is 126 Å². The van der Waals surface area contributed by atoms with Crippen molar-refractivity contribution in [2.45, 2.75) is 62.0 Å². The highest BCUT2D eigenvalue weighted by Crippen LogP contribution is 2.23. The van der Waals surface area contributed by atoms with Crippen LogP contribution in [0.4, 0.5) is 0 Å². The minimum atomic E-state index is -1.81. The number of rotatable bonds is 7. The highest BCUT2D eigenvalue weighted by Gasteiger charge is 2.46. The third-order valence-electron chi connectivity index (χ3n) is 3.45. The third-order valence-corrected chi connectivity index (χ3v) is 3.45. The van der Waals surface area contributed by atoms with E-state index in [0.29, 0.717) is 0 Å². The van der Waals surface area contributed by atoms with Gasteiger partial charge in [0.15, 0.2) is 12.6 Å². The molecule has 7 N–H and O–H groups in total. The van der Waals surface area contributed by atoms with Gasteiger partial charge in [0.2, 0.25) is 0 Å². The molecule has 0 radical (unpaired) electrons. The molecular formula is C12H22O10. The van der Waals surface area contributed by atoms with E-state index in [1.165, 1.54) is 6.92 Å². The molecule has 0 bridgehead atoms. The summed E-state index contributed by atoms with van der Waals surface area (Å²) in [5.41, 5.74) is 0. The summed E-state index contributed by atoms with van der Waals surface area (Å²) in [6.07, 6.45) is -14.3. The monoisotopic (exact) mass is 326 g/mol. The van der Waals surface area contributed by atoms with E-state index in [0.717, 1.165) is 0 Å². The number of ether oxygens (including phenoxy) is 2. The summed E-state index contributed by atoms with van der Waals surface area (Å²) >= 11 is 0. The highest BCUT2D eigenvalue weighted by molar-refractivity contribution is 5.57. The molecule has 0 spiro atoms. The second-order valence-electron chi connectivity index (χ2n) is 5.16. The van der Waals surface area contributed by atoms with Gasteiger partial charge in [-0.1, -0.05) is 0 Å². The maximum atomic E-state index is 11.0. The van der Waals surface area contributed by atoms with Crippen LogP contribution in [0.25, 0.3) is 0 Å². The fourth-order valence-electron chi connectivity index (χ4n) is 2.01. The van der Waals surface area contributed by atoms with Gasteiger partial charge in [-0.3, -0.25) is 0 Å². The molecule has 1 saturated heterocycles. The Morgan fingerprint density at radius 2 is 1.68 bits per heavy atom. The number of aliphatic hydroxyl groups is 7. The lowest BCUT2D eigenvalue weighted by molar-refractivity contribution is -0.315. The summed E-state index contributed by atoms with van der Waals surface area (Å²) in [6, 6.07) is 0. The average Bonchev–Trinajstić information content (AvgIpc) is 2.50. The predicted molar refractivity (Wildman–Crippen MR) is 68.4 cm³/mol. The zero-order valence-corrected chi connectivity index (χ0v) is 11.8. The van der Waals surface area contributed by atoms with Crippen molar-refractivity contribution >= 4 is 6.29 Å². The van der Waals surface area contributed by atoms with Gasteiger partial charge in [0.25, 0.3) is 0 Å². The molecule has 1 fully saturated rings. The number of hydrogen-bond acceptors (Lipinski definition) is 10. The zero-order chi connectivity index (χ0) is 17.0. The first-order chi connectivity index (χ1) is 10.2. The standard InChI is InChI=1S/C12H22O10/c1-4(15)7(16)8(17)5(2-13)21-12-11(20)10(19)9(18)6(3-14)22-12/h2,4-12,14-20H,3H2,1H3/t4-,5-,6+,7-,8-,9-,10-,11+,12-/m0/s1. The van der Waals surface area contributed by atoms with Crippen LogP contribution in [0.5, 0.6) is 0 Å². The van der Waals surface area contributed by atoms with Crippen molar-refractivity contribution in [1.82, 2.24) is 0 Å². The van der Waals surface area contributed by atoms with Crippen molar-refractivity contribution in [2.75, 3.05) is 6.61 Å². The van der Waals surface area contributed by atoms with E-state index >= 15 is 0 Å². The Balaban J connectivity index is 2.79. The molecule has 0 aliphatic carbocycles. The number of carbonyl (C=O) groups is 1. The lowest BCUT2D eigenvalue weighted by Crippen LogP contribution is -2.60. The van der Waals surface area contributed by atoms with Gasteiger partial charge in [0, 0.05) is 0 Å². The molecule has 130 valence electrons. The average molecular weight is 326 g/mol. The van der Waals surface area contributed by atoms with Crippen LogP contribution in [0, 0.1) is 0 Å². The fraction of sp³-hybridized carbons (Fsp3) is 0.917. The van der Waals surface area contributed by atoms with Crippen LogP contribution < -0.4 is 0 Å². The molecule has 1 rings (SSSR count). The van der Waals surface area contributed by atoms with Crippen molar-refractivity contribution in [3.63, 3.8) is 0 Å². The molecule has 9 atom stereocenters. The van der Waals surface area contributed by atoms with Crippen molar-refractivity contribution < 1.29 is 50.0 Å². The topological polar surface area (TPSA) is 177 Å². The molecule has 0 aromatic carbocycles. The van der Waals surface area contributed by atoms with Crippen molar-refractivity contribution in [1.29, 1.82) is 0 Å². The molecule has 10 heteroatoms. The summed E-state index contributed by atoms with van der Waals surface area (Å²) in [6.45, 7) is 0.499. The van der Waals surface area contributed by atoms with Gasteiger partial charge < -0.3 is 50.0 Å². The highest BCUT2D eigenvalue weighted by atomic mass is 16.7. The van der Waals surface area contributed by atoms with E-state index < -0.39 is 61.7 Å². The van der Waals surface area contributed by atoms with Crippen molar-refractivity contribution in [3.8, 4) is 0 Å². The van der Waals surface area contributed by atoms with E-state index in [-0.39, 0.29) is 6.29 Å². The van der Waals surface area contributed by atoms with Crippen LogP contribution >= 0.6 is 0 Å². The Morgan fingerprint density at radius 1 is 1.09 bits per heavy atom. The molecule has 0 unspecified atom stereocenters. The minimum absolute atomic E-state index is 0.123. The van der Waals surface area contributed by atoms with Crippen LogP contribution in [0.3, 0.4) is 0 Å². The van der Waals surface area contributed by atoms with Crippen molar-refractivity contribution in [3.05, 3.63) is 0 Å². The van der Waals surface area contributed by atoms with E-state index in [4.69, 9.17) is 14.6 Å². The van der Waals surface area contributed by atoms with Crippen LogP contribution in [-0.2, 0) is 14.3 Å². The molecule has 1 aliphatic rings. The van der Waals surface area contributed by atoms with Gasteiger partial charge >= 0.3 is 0 Å². The van der Waals surface area contributed by atoms with Gasteiger partial charge in [0.1, 0.15) is 42.7 Å². The first-order valence-electron chi connectivity index (χ1n) is 6.70. The predicted octanol–water partition coefficient (Wildman–Crippen LogP) is -4.53. The summed E-state index contributed by atoms with van der Waals surface area (Å²) in [5.74, 6) is 0. The second kappa shape index (κ2) is 8.24. The Morgan fingerprint density at radius 3 is 2.14 bits per heavy atom. The first kappa shape index (κ1) is 19.4. The van der Waals surface area contributed by atoms with Gasteiger partial charge in [0.05, 0.1) is 12.7 Å². The minimum Gasteiger partial charge on any atom is -0.394 e. The van der Waals surface area contributed by atoms with Crippen molar-refractivity contribution in [2.24, 2.45) is 0 Å². The normalized spacial score (nSPS) is 38.1. The third kappa shape index (κ3) is 4.19. The molecule has 0 saturated carbocycles. The lowest BCUT2D eigenvalue weighted by Gasteiger charge is -2.41. The molecule has 10 nitrogen and oxygen atoms in total. The van der Waals surface area contributed by atoms with Crippen LogP contribution in [0.15, 0.2) is 0 Å². The van der Waals surface area contributed by atoms with Gasteiger partial charge in [-0.2, -0.15) is 0 Å². The number of aliphatic hydroxyl groups excluding tert-OH is 7. The quantitative estimate of drug-likeness (QED) is 0.225. The smallest absolute Gasteiger partial charge is 0.187 e. The fourth-order valence-corrected chi connectivity index (χ4v) is 2.01. The Hall–Kier alpha value is -0.690. The maximum absolute atomic E-state index is 11.0. The maximum Gasteiger partial charge on any atom is 0.187 e. The van der Waals surface area contributed by atoms with Crippen LogP contribution in [0.1, 0.15) is 6.92 Å². The largest absolute Gasteiger partial charge is 0.394 e. The molecule has 0 aromatic heterocycles. The van der Waals surface area contributed by atoms with Gasteiger partial charge in [-0.05, 0) is 6.92 Å². The van der Waals surface area contributed by atoms with Crippen LogP contribution in [-0.4, -0.2) is 104 Å². The van der Waals surface area contributed by atoms with Gasteiger partial charge in [-0.15, -0.1) is 0 Å². The molecule has 1 heterocycles. The van der Waals surface area contributed by atoms with E-state index in [9.17, 15) is 35.4 Å².